The van der Waals surface area contributed by atoms with E-state index in [1.807, 2.05) is 0 Å². The molecule has 0 atom stereocenters. The van der Waals surface area contributed by atoms with Gasteiger partial charge in [-0.25, -0.2) is 0 Å². The molecule has 0 fully saturated rings. The first kappa shape index (κ1) is 11.0. The Labute approximate surface area is 98.1 Å². The Kier molecular flexibility index (Phi) is 2.56. The third-order valence-corrected chi connectivity index (χ3v) is 6.30. The molecule has 1 aromatic carbocycles. The SMILES string of the molecule is Cc1ccc2c(C)c(C(C)(C)C)[se]c2c1. The van der Waals surface area contributed by atoms with Gasteiger partial charge in [-0.1, -0.05) is 0 Å². The van der Waals surface area contributed by atoms with E-state index in [4.69, 9.17) is 0 Å². The first-order valence-corrected chi connectivity index (χ1v) is 7.11. The van der Waals surface area contributed by atoms with E-state index in [1.165, 1.54) is 16.5 Å². The van der Waals surface area contributed by atoms with Gasteiger partial charge in [0.15, 0.2) is 0 Å². The van der Waals surface area contributed by atoms with Gasteiger partial charge < -0.3 is 0 Å². The van der Waals surface area contributed by atoms with Gasteiger partial charge in [-0.15, -0.1) is 0 Å². The van der Waals surface area contributed by atoms with Gasteiger partial charge in [-0.05, 0) is 0 Å². The summed E-state index contributed by atoms with van der Waals surface area (Å²) >= 11 is 0.545. The van der Waals surface area contributed by atoms with Crippen molar-refractivity contribution in [1.82, 2.24) is 0 Å². The standard InChI is InChI=1S/C14H18Se/c1-9-6-7-11-10(2)13(14(3,4)5)15-12(11)8-9/h6-8H,1-5H3. The molecular formula is C14H18Se. The molecule has 2 rings (SSSR count). The first-order chi connectivity index (χ1) is 6.89. The van der Waals surface area contributed by atoms with Crippen LogP contribution in [-0.2, 0) is 5.41 Å². The molecule has 0 saturated heterocycles. The molecule has 0 N–H and O–H groups in total. The minimum absolute atomic E-state index is 0.330. The summed E-state index contributed by atoms with van der Waals surface area (Å²) in [4.78, 5) is 0. The van der Waals surface area contributed by atoms with Gasteiger partial charge in [0, 0.05) is 0 Å². The number of aryl methyl sites for hydroxylation is 2. The number of fused-ring (bicyclic) bond motifs is 1. The van der Waals surface area contributed by atoms with Crippen molar-refractivity contribution in [3.05, 3.63) is 33.8 Å². The Bertz CT molecular complexity index is 498. The van der Waals surface area contributed by atoms with Gasteiger partial charge >= 0.3 is 97.9 Å². The molecule has 0 bridgehead atoms. The van der Waals surface area contributed by atoms with Gasteiger partial charge in [0.1, 0.15) is 0 Å². The van der Waals surface area contributed by atoms with E-state index < -0.39 is 0 Å². The van der Waals surface area contributed by atoms with E-state index in [2.05, 4.69) is 52.8 Å². The molecule has 0 radical (unpaired) electrons. The van der Waals surface area contributed by atoms with Crippen molar-refractivity contribution in [3.63, 3.8) is 0 Å². The Balaban J connectivity index is 2.75. The van der Waals surface area contributed by atoms with Crippen LogP contribution in [0.15, 0.2) is 18.2 Å². The van der Waals surface area contributed by atoms with Gasteiger partial charge in [0.25, 0.3) is 0 Å². The van der Waals surface area contributed by atoms with Crippen LogP contribution in [0.5, 0.6) is 0 Å². The maximum absolute atomic E-state index is 2.36. The van der Waals surface area contributed by atoms with Crippen molar-refractivity contribution in [3.8, 4) is 0 Å². The summed E-state index contributed by atoms with van der Waals surface area (Å²) in [5.41, 5.74) is 3.24. The number of hydrogen-bond donors (Lipinski definition) is 0. The molecule has 80 valence electrons. The summed E-state index contributed by atoms with van der Waals surface area (Å²) in [6, 6.07) is 6.88. The molecule has 0 unspecified atom stereocenters. The molecule has 1 aromatic heterocycles. The Morgan fingerprint density at radius 3 is 2.33 bits per heavy atom. The van der Waals surface area contributed by atoms with Gasteiger partial charge in [-0.2, -0.15) is 0 Å². The fraction of sp³-hybridized carbons (Fsp3) is 0.429. The van der Waals surface area contributed by atoms with Crippen LogP contribution in [0.1, 0.15) is 36.3 Å². The Hall–Kier alpha value is -0.521. The molecule has 2 aromatic rings. The molecule has 0 spiro atoms. The zero-order chi connectivity index (χ0) is 11.2. The minimum atomic E-state index is 0.330. The molecule has 0 aliphatic rings. The second-order valence-electron chi connectivity index (χ2n) is 5.31. The van der Waals surface area contributed by atoms with E-state index in [-0.39, 0.29) is 0 Å². The predicted octanol–water partition coefficient (Wildman–Crippen LogP) is 3.81. The average molecular weight is 265 g/mol. The zero-order valence-electron chi connectivity index (χ0n) is 10.1. The van der Waals surface area contributed by atoms with Crippen LogP contribution in [-0.4, -0.2) is 14.5 Å². The monoisotopic (exact) mass is 266 g/mol. The molecule has 0 amide bonds. The van der Waals surface area contributed by atoms with Gasteiger partial charge in [-0.3, -0.25) is 0 Å². The summed E-state index contributed by atoms with van der Waals surface area (Å²) in [5, 5.41) is 1.49. The van der Waals surface area contributed by atoms with Crippen LogP contribution in [0.2, 0.25) is 0 Å². The van der Waals surface area contributed by atoms with E-state index in [1.54, 1.807) is 8.70 Å². The number of rotatable bonds is 0. The zero-order valence-corrected chi connectivity index (χ0v) is 11.9. The first-order valence-electron chi connectivity index (χ1n) is 5.40. The summed E-state index contributed by atoms with van der Waals surface area (Å²) < 4.78 is 3.24. The molecular weight excluding hydrogens is 247 g/mol. The number of benzene rings is 1. The molecule has 0 saturated carbocycles. The summed E-state index contributed by atoms with van der Waals surface area (Å²) in [6.07, 6.45) is 0. The second-order valence-corrected chi connectivity index (χ2v) is 7.51. The fourth-order valence-electron chi connectivity index (χ4n) is 2.05. The molecule has 1 heteroatoms. The summed E-state index contributed by atoms with van der Waals surface area (Å²) in [6.45, 7) is 11.4. The second kappa shape index (κ2) is 3.50. The van der Waals surface area contributed by atoms with Gasteiger partial charge in [0.05, 0.1) is 0 Å². The topological polar surface area (TPSA) is 0 Å². The van der Waals surface area contributed by atoms with Crippen molar-refractivity contribution in [2.24, 2.45) is 0 Å². The quantitative estimate of drug-likeness (QED) is 0.635. The van der Waals surface area contributed by atoms with Crippen LogP contribution in [0.25, 0.3) is 9.65 Å². The van der Waals surface area contributed by atoms with E-state index >= 15 is 0 Å². The third-order valence-electron chi connectivity index (χ3n) is 2.77. The van der Waals surface area contributed by atoms with Crippen LogP contribution in [0.3, 0.4) is 0 Å². The van der Waals surface area contributed by atoms with Crippen LogP contribution in [0.4, 0.5) is 0 Å². The van der Waals surface area contributed by atoms with Crippen LogP contribution < -0.4 is 0 Å². The maximum atomic E-state index is 2.36. The van der Waals surface area contributed by atoms with Crippen molar-refractivity contribution >= 4 is 24.1 Å². The van der Waals surface area contributed by atoms with E-state index in [0.29, 0.717) is 19.9 Å². The van der Waals surface area contributed by atoms with Crippen LogP contribution >= 0.6 is 0 Å². The van der Waals surface area contributed by atoms with Crippen molar-refractivity contribution in [2.75, 3.05) is 0 Å². The van der Waals surface area contributed by atoms with Crippen molar-refractivity contribution < 1.29 is 0 Å². The molecule has 1 heterocycles. The normalized spacial score (nSPS) is 12.3. The van der Waals surface area contributed by atoms with Crippen molar-refractivity contribution in [2.45, 2.75) is 40.0 Å². The predicted molar refractivity (Wildman–Crippen MR) is 69.1 cm³/mol. The summed E-state index contributed by atoms with van der Waals surface area (Å²) in [7, 11) is 0. The molecule has 15 heavy (non-hydrogen) atoms. The van der Waals surface area contributed by atoms with E-state index in [9.17, 15) is 0 Å². The van der Waals surface area contributed by atoms with Crippen molar-refractivity contribution in [1.29, 1.82) is 0 Å². The van der Waals surface area contributed by atoms with Crippen LogP contribution in [0, 0.1) is 13.8 Å². The Morgan fingerprint density at radius 1 is 1.07 bits per heavy atom. The molecule has 0 aliphatic heterocycles. The third kappa shape index (κ3) is 1.91. The molecule has 0 nitrogen and oxygen atoms in total. The van der Waals surface area contributed by atoms with Gasteiger partial charge in [0.2, 0.25) is 0 Å². The molecule has 0 aliphatic carbocycles. The number of hydrogen-bond acceptors (Lipinski definition) is 0. The fourth-order valence-corrected chi connectivity index (χ4v) is 4.91. The van der Waals surface area contributed by atoms with E-state index in [0.717, 1.165) is 0 Å². The summed E-state index contributed by atoms with van der Waals surface area (Å²) in [5.74, 6) is 0. The average Bonchev–Trinajstić information content (AvgIpc) is 2.42. The Morgan fingerprint density at radius 2 is 1.73 bits per heavy atom.